The molecule has 0 bridgehead atoms. The van der Waals surface area contributed by atoms with Gasteiger partial charge in [0.2, 0.25) is 5.91 Å². The molecule has 1 N–H and O–H groups in total. The quantitative estimate of drug-likeness (QED) is 0.854. The Morgan fingerprint density at radius 1 is 1.59 bits per heavy atom. The number of hydrogen-bond acceptors (Lipinski definition) is 3. The predicted molar refractivity (Wildman–Crippen MR) is 63.4 cm³/mol. The van der Waals surface area contributed by atoms with Crippen LogP contribution in [0.5, 0.6) is 0 Å². The van der Waals surface area contributed by atoms with Crippen LogP contribution < -0.4 is 0 Å². The molecule has 2 atom stereocenters. The van der Waals surface area contributed by atoms with Crippen LogP contribution in [0.25, 0.3) is 0 Å². The van der Waals surface area contributed by atoms with Gasteiger partial charge in [-0.2, -0.15) is 0 Å². The second-order valence-electron chi connectivity index (χ2n) is 4.84. The van der Waals surface area contributed by atoms with E-state index in [4.69, 9.17) is 9.52 Å². The van der Waals surface area contributed by atoms with Gasteiger partial charge in [0, 0.05) is 6.54 Å². The van der Waals surface area contributed by atoms with Gasteiger partial charge in [-0.25, -0.2) is 0 Å². The van der Waals surface area contributed by atoms with Crippen LogP contribution in [0.4, 0.5) is 0 Å². The number of furan rings is 1. The average molecular weight is 237 g/mol. The molecule has 0 saturated carbocycles. The smallest absolute Gasteiger partial charge is 0.248 e. The number of amides is 1. The summed E-state index contributed by atoms with van der Waals surface area (Å²) in [7, 11) is 0. The maximum absolute atomic E-state index is 11.7. The summed E-state index contributed by atoms with van der Waals surface area (Å²) in [6.45, 7) is 4.35. The molecule has 0 aliphatic carbocycles. The van der Waals surface area contributed by atoms with Crippen LogP contribution in [0.15, 0.2) is 16.5 Å². The number of carbonyl (C=O) groups excluding carboxylic acids is 1. The Morgan fingerprint density at radius 2 is 2.35 bits per heavy atom. The number of rotatable bonds is 2. The SMILES string of the molecule is Cc1ccc(C2CC(C)CCN2C(=O)CO)o1. The topological polar surface area (TPSA) is 53.7 Å². The lowest BCUT2D eigenvalue weighted by Crippen LogP contribution is -2.41. The van der Waals surface area contributed by atoms with Crippen molar-refractivity contribution >= 4 is 5.91 Å². The van der Waals surface area contributed by atoms with Crippen molar-refractivity contribution in [3.63, 3.8) is 0 Å². The number of hydrogen-bond donors (Lipinski definition) is 1. The van der Waals surface area contributed by atoms with Gasteiger partial charge in [0.1, 0.15) is 18.1 Å². The monoisotopic (exact) mass is 237 g/mol. The van der Waals surface area contributed by atoms with Crippen LogP contribution in [-0.4, -0.2) is 29.1 Å². The molecule has 1 aromatic heterocycles. The molecule has 1 aliphatic rings. The summed E-state index contributed by atoms with van der Waals surface area (Å²) in [5, 5.41) is 9.00. The largest absolute Gasteiger partial charge is 0.464 e. The number of nitrogens with zero attached hydrogens (tertiary/aromatic N) is 1. The van der Waals surface area contributed by atoms with Crippen LogP contribution >= 0.6 is 0 Å². The fourth-order valence-electron chi connectivity index (χ4n) is 2.43. The Bertz CT molecular complexity index is 399. The summed E-state index contributed by atoms with van der Waals surface area (Å²) in [5.41, 5.74) is 0. The zero-order chi connectivity index (χ0) is 12.4. The summed E-state index contributed by atoms with van der Waals surface area (Å²) < 4.78 is 5.62. The van der Waals surface area contributed by atoms with Gasteiger partial charge in [-0.05, 0) is 37.8 Å². The van der Waals surface area contributed by atoms with E-state index in [0.717, 1.165) is 24.4 Å². The molecule has 1 aromatic rings. The van der Waals surface area contributed by atoms with E-state index >= 15 is 0 Å². The van der Waals surface area contributed by atoms with E-state index in [2.05, 4.69) is 6.92 Å². The molecule has 1 saturated heterocycles. The lowest BCUT2D eigenvalue weighted by Gasteiger charge is -2.37. The van der Waals surface area contributed by atoms with Gasteiger partial charge < -0.3 is 14.4 Å². The van der Waals surface area contributed by atoms with Crippen molar-refractivity contribution < 1.29 is 14.3 Å². The maximum Gasteiger partial charge on any atom is 0.248 e. The molecule has 0 spiro atoms. The van der Waals surface area contributed by atoms with Crippen molar-refractivity contribution in [3.8, 4) is 0 Å². The van der Waals surface area contributed by atoms with Gasteiger partial charge >= 0.3 is 0 Å². The standard InChI is InChI=1S/C13H19NO3/c1-9-5-6-14(13(16)8-15)11(7-9)12-4-3-10(2)17-12/h3-4,9,11,15H,5-8H2,1-2H3. The highest BCUT2D eigenvalue weighted by Crippen LogP contribution is 2.34. The number of aliphatic hydroxyl groups excluding tert-OH is 1. The van der Waals surface area contributed by atoms with Gasteiger partial charge in [-0.3, -0.25) is 4.79 Å². The molecule has 2 rings (SSSR count). The molecule has 4 heteroatoms. The van der Waals surface area contributed by atoms with Crippen LogP contribution in [-0.2, 0) is 4.79 Å². The number of carbonyl (C=O) groups is 1. The first kappa shape index (κ1) is 12.2. The molecule has 2 heterocycles. The molecule has 4 nitrogen and oxygen atoms in total. The van der Waals surface area contributed by atoms with E-state index < -0.39 is 6.61 Å². The van der Waals surface area contributed by atoms with Gasteiger partial charge in [0.05, 0.1) is 6.04 Å². The molecule has 94 valence electrons. The summed E-state index contributed by atoms with van der Waals surface area (Å²) in [6.07, 6.45) is 1.89. The third-order valence-corrected chi connectivity index (χ3v) is 3.41. The Labute approximate surface area is 101 Å². The van der Waals surface area contributed by atoms with Gasteiger partial charge in [-0.15, -0.1) is 0 Å². The van der Waals surface area contributed by atoms with Crippen LogP contribution in [0.1, 0.15) is 37.3 Å². The average Bonchev–Trinajstić information content (AvgIpc) is 2.75. The molecule has 2 unspecified atom stereocenters. The van der Waals surface area contributed by atoms with E-state index in [1.54, 1.807) is 4.90 Å². The Balaban J connectivity index is 2.22. The minimum atomic E-state index is -0.426. The van der Waals surface area contributed by atoms with E-state index in [1.807, 2.05) is 19.1 Å². The second-order valence-corrected chi connectivity index (χ2v) is 4.84. The van der Waals surface area contributed by atoms with Crippen molar-refractivity contribution in [2.45, 2.75) is 32.7 Å². The predicted octanol–water partition coefficient (Wildman–Crippen LogP) is 1.88. The molecule has 17 heavy (non-hydrogen) atoms. The molecule has 1 aliphatic heterocycles. The highest BCUT2D eigenvalue weighted by atomic mass is 16.3. The van der Waals surface area contributed by atoms with Gasteiger partial charge in [0.15, 0.2) is 0 Å². The maximum atomic E-state index is 11.7. The van der Waals surface area contributed by atoms with Gasteiger partial charge in [0.25, 0.3) is 0 Å². The third kappa shape index (κ3) is 2.52. The van der Waals surface area contributed by atoms with E-state index in [0.29, 0.717) is 12.5 Å². The van der Waals surface area contributed by atoms with Crippen molar-refractivity contribution in [3.05, 3.63) is 23.7 Å². The van der Waals surface area contributed by atoms with Crippen LogP contribution in [0.2, 0.25) is 0 Å². The highest BCUT2D eigenvalue weighted by Gasteiger charge is 2.32. The van der Waals surface area contributed by atoms with Crippen LogP contribution in [0, 0.1) is 12.8 Å². The van der Waals surface area contributed by atoms with Crippen molar-refractivity contribution in [1.29, 1.82) is 0 Å². The molecule has 1 amide bonds. The molecular formula is C13H19NO3. The first-order chi connectivity index (χ1) is 8.11. The summed E-state index contributed by atoms with van der Waals surface area (Å²) in [5.74, 6) is 2.05. The lowest BCUT2D eigenvalue weighted by molar-refractivity contribution is -0.139. The van der Waals surface area contributed by atoms with E-state index in [-0.39, 0.29) is 11.9 Å². The number of aliphatic hydroxyl groups is 1. The molecule has 1 fully saturated rings. The van der Waals surface area contributed by atoms with Crippen molar-refractivity contribution in [2.24, 2.45) is 5.92 Å². The van der Waals surface area contributed by atoms with Crippen LogP contribution in [0.3, 0.4) is 0 Å². The number of aryl methyl sites for hydroxylation is 1. The summed E-state index contributed by atoms with van der Waals surface area (Å²) in [6, 6.07) is 3.82. The zero-order valence-electron chi connectivity index (χ0n) is 10.3. The molecular weight excluding hydrogens is 218 g/mol. The van der Waals surface area contributed by atoms with Crippen molar-refractivity contribution in [2.75, 3.05) is 13.2 Å². The highest BCUT2D eigenvalue weighted by molar-refractivity contribution is 5.77. The van der Waals surface area contributed by atoms with E-state index in [9.17, 15) is 4.79 Å². The number of piperidine rings is 1. The zero-order valence-corrected chi connectivity index (χ0v) is 10.3. The summed E-state index contributed by atoms with van der Waals surface area (Å²) in [4.78, 5) is 13.4. The summed E-state index contributed by atoms with van der Waals surface area (Å²) >= 11 is 0. The van der Waals surface area contributed by atoms with E-state index in [1.165, 1.54) is 0 Å². The minimum absolute atomic E-state index is 0.0212. The Kier molecular flexibility index (Phi) is 3.52. The fourth-order valence-corrected chi connectivity index (χ4v) is 2.43. The first-order valence-electron chi connectivity index (χ1n) is 6.08. The fraction of sp³-hybridized carbons (Fsp3) is 0.615. The van der Waals surface area contributed by atoms with Gasteiger partial charge in [-0.1, -0.05) is 6.92 Å². The first-order valence-corrected chi connectivity index (χ1v) is 6.08. The molecule has 0 radical (unpaired) electrons. The normalized spacial score (nSPS) is 25.0. The third-order valence-electron chi connectivity index (χ3n) is 3.41. The number of likely N-dealkylation sites (tertiary alicyclic amines) is 1. The Hall–Kier alpha value is -1.29. The lowest BCUT2D eigenvalue weighted by atomic mass is 9.91. The van der Waals surface area contributed by atoms with Crippen molar-refractivity contribution in [1.82, 2.24) is 4.90 Å². The molecule has 0 aromatic carbocycles. The second kappa shape index (κ2) is 4.92. The minimum Gasteiger partial charge on any atom is -0.464 e. The Morgan fingerprint density at radius 3 is 2.94 bits per heavy atom.